The lowest BCUT2D eigenvalue weighted by atomic mass is 9.86. The van der Waals surface area contributed by atoms with Gasteiger partial charge in [-0.3, -0.25) is 4.90 Å². The topological polar surface area (TPSA) is 15.3 Å². The van der Waals surface area contributed by atoms with E-state index in [1.54, 1.807) is 0 Å². The van der Waals surface area contributed by atoms with Crippen LogP contribution in [0.3, 0.4) is 0 Å². The number of thiophene rings is 1. The zero-order valence-corrected chi connectivity index (χ0v) is 14.5. The SMILES string of the molecule is Cc1ccc(CC(C)N2CCCNC(C(C)(C)C)C2)s1. The largest absolute Gasteiger partial charge is 0.312 e. The number of rotatable bonds is 3. The van der Waals surface area contributed by atoms with Crippen molar-refractivity contribution in [3.63, 3.8) is 0 Å². The van der Waals surface area contributed by atoms with Crippen molar-refractivity contribution in [2.45, 2.75) is 59.5 Å². The van der Waals surface area contributed by atoms with Crippen molar-refractivity contribution < 1.29 is 0 Å². The minimum Gasteiger partial charge on any atom is -0.312 e. The highest BCUT2D eigenvalue weighted by Crippen LogP contribution is 2.24. The molecule has 2 heterocycles. The first-order valence-corrected chi connectivity index (χ1v) is 8.70. The van der Waals surface area contributed by atoms with E-state index in [0.29, 0.717) is 17.5 Å². The van der Waals surface area contributed by atoms with E-state index in [1.165, 1.54) is 35.7 Å². The summed E-state index contributed by atoms with van der Waals surface area (Å²) < 4.78 is 0. The van der Waals surface area contributed by atoms with Crippen LogP contribution in [-0.4, -0.2) is 36.6 Å². The molecule has 1 aromatic rings. The van der Waals surface area contributed by atoms with Gasteiger partial charge in [-0.15, -0.1) is 11.3 Å². The molecule has 0 aromatic carbocycles. The van der Waals surface area contributed by atoms with Crippen molar-refractivity contribution in [2.24, 2.45) is 5.41 Å². The molecule has 20 heavy (non-hydrogen) atoms. The van der Waals surface area contributed by atoms with Gasteiger partial charge in [-0.1, -0.05) is 20.8 Å². The van der Waals surface area contributed by atoms with Crippen LogP contribution in [0.15, 0.2) is 12.1 Å². The molecule has 0 spiro atoms. The molecule has 0 amide bonds. The molecule has 2 unspecified atom stereocenters. The Kier molecular flexibility index (Phi) is 5.27. The van der Waals surface area contributed by atoms with Crippen molar-refractivity contribution >= 4 is 11.3 Å². The van der Waals surface area contributed by atoms with Crippen LogP contribution in [-0.2, 0) is 6.42 Å². The zero-order valence-electron chi connectivity index (χ0n) is 13.7. The quantitative estimate of drug-likeness (QED) is 0.914. The molecule has 1 N–H and O–H groups in total. The standard InChI is InChI=1S/C17H30N2S/c1-13(11-15-8-7-14(2)20-15)19-10-6-9-18-16(12-19)17(3,4)5/h7-8,13,16,18H,6,9-12H2,1-5H3. The lowest BCUT2D eigenvalue weighted by Crippen LogP contribution is -2.48. The predicted molar refractivity (Wildman–Crippen MR) is 89.7 cm³/mol. The second-order valence-corrected chi connectivity index (χ2v) is 8.66. The molecule has 1 aliphatic heterocycles. The van der Waals surface area contributed by atoms with E-state index in [1.807, 2.05) is 11.3 Å². The van der Waals surface area contributed by atoms with Gasteiger partial charge in [0.25, 0.3) is 0 Å². The number of aryl methyl sites for hydroxylation is 1. The molecule has 114 valence electrons. The Morgan fingerprint density at radius 1 is 1.40 bits per heavy atom. The van der Waals surface area contributed by atoms with E-state index in [4.69, 9.17) is 0 Å². The van der Waals surface area contributed by atoms with Crippen LogP contribution in [0.25, 0.3) is 0 Å². The minimum absolute atomic E-state index is 0.335. The van der Waals surface area contributed by atoms with Crippen LogP contribution >= 0.6 is 11.3 Å². The van der Waals surface area contributed by atoms with E-state index in [9.17, 15) is 0 Å². The molecule has 2 nitrogen and oxygen atoms in total. The molecule has 1 fully saturated rings. The van der Waals surface area contributed by atoms with E-state index in [0.717, 1.165) is 6.54 Å². The van der Waals surface area contributed by atoms with Crippen molar-refractivity contribution in [1.29, 1.82) is 0 Å². The number of nitrogens with one attached hydrogen (secondary N) is 1. The fourth-order valence-corrected chi connectivity index (χ4v) is 3.95. The van der Waals surface area contributed by atoms with Gasteiger partial charge in [0.05, 0.1) is 0 Å². The van der Waals surface area contributed by atoms with Crippen molar-refractivity contribution in [1.82, 2.24) is 10.2 Å². The van der Waals surface area contributed by atoms with E-state index in [-0.39, 0.29) is 0 Å². The van der Waals surface area contributed by atoms with Gasteiger partial charge in [-0.05, 0) is 57.3 Å². The molecule has 1 aliphatic rings. The predicted octanol–water partition coefficient (Wildman–Crippen LogP) is 3.70. The highest BCUT2D eigenvalue weighted by molar-refractivity contribution is 7.11. The van der Waals surface area contributed by atoms with E-state index in [2.05, 4.69) is 57.0 Å². The number of nitrogens with zero attached hydrogens (tertiary/aromatic N) is 1. The maximum atomic E-state index is 3.74. The Hall–Kier alpha value is -0.380. The lowest BCUT2D eigenvalue weighted by molar-refractivity contribution is 0.161. The Labute approximate surface area is 128 Å². The molecule has 0 bridgehead atoms. The van der Waals surface area contributed by atoms with Gasteiger partial charge in [0.1, 0.15) is 0 Å². The summed E-state index contributed by atoms with van der Waals surface area (Å²) in [6, 6.07) is 5.78. The van der Waals surface area contributed by atoms with Gasteiger partial charge in [0.15, 0.2) is 0 Å². The second kappa shape index (κ2) is 6.59. The zero-order chi connectivity index (χ0) is 14.8. The Morgan fingerprint density at radius 2 is 2.15 bits per heavy atom. The molecule has 0 radical (unpaired) electrons. The summed E-state index contributed by atoms with van der Waals surface area (Å²) >= 11 is 1.95. The van der Waals surface area contributed by atoms with Crippen molar-refractivity contribution in [3.05, 3.63) is 21.9 Å². The first kappa shape index (κ1) is 16.0. The average Bonchev–Trinajstić information content (AvgIpc) is 2.64. The van der Waals surface area contributed by atoms with Gasteiger partial charge in [-0.2, -0.15) is 0 Å². The molecule has 0 saturated carbocycles. The third-order valence-corrected chi connectivity index (χ3v) is 5.41. The molecule has 2 atom stereocenters. The van der Waals surface area contributed by atoms with Crippen molar-refractivity contribution in [2.75, 3.05) is 19.6 Å². The van der Waals surface area contributed by atoms with Crippen LogP contribution in [0.1, 0.15) is 43.9 Å². The summed E-state index contributed by atoms with van der Waals surface area (Å²) in [7, 11) is 0. The first-order chi connectivity index (χ1) is 9.36. The fraction of sp³-hybridized carbons (Fsp3) is 0.765. The Balaban J connectivity index is 1.98. The van der Waals surface area contributed by atoms with Gasteiger partial charge in [0, 0.05) is 28.4 Å². The maximum absolute atomic E-state index is 3.74. The molecule has 1 aromatic heterocycles. The van der Waals surface area contributed by atoms with Crippen LogP contribution in [0.5, 0.6) is 0 Å². The van der Waals surface area contributed by atoms with Crippen LogP contribution in [0.4, 0.5) is 0 Å². The highest BCUT2D eigenvalue weighted by atomic mass is 32.1. The summed E-state index contributed by atoms with van der Waals surface area (Å²) in [5.74, 6) is 0. The van der Waals surface area contributed by atoms with Gasteiger partial charge < -0.3 is 5.32 Å². The summed E-state index contributed by atoms with van der Waals surface area (Å²) in [6.45, 7) is 15.2. The van der Waals surface area contributed by atoms with Gasteiger partial charge in [0.2, 0.25) is 0 Å². The van der Waals surface area contributed by atoms with Gasteiger partial charge in [-0.25, -0.2) is 0 Å². The van der Waals surface area contributed by atoms with E-state index < -0.39 is 0 Å². The fourth-order valence-electron chi connectivity index (χ4n) is 2.94. The molecular formula is C17H30N2S. The number of hydrogen-bond donors (Lipinski definition) is 1. The first-order valence-electron chi connectivity index (χ1n) is 7.89. The maximum Gasteiger partial charge on any atom is 0.0243 e. The molecule has 1 saturated heterocycles. The van der Waals surface area contributed by atoms with Gasteiger partial charge >= 0.3 is 0 Å². The lowest BCUT2D eigenvalue weighted by Gasteiger charge is -2.36. The number of hydrogen-bond acceptors (Lipinski definition) is 3. The third-order valence-electron chi connectivity index (χ3n) is 4.39. The average molecular weight is 295 g/mol. The summed E-state index contributed by atoms with van der Waals surface area (Å²) in [5.41, 5.74) is 0.335. The Morgan fingerprint density at radius 3 is 2.75 bits per heavy atom. The third kappa shape index (κ3) is 4.31. The highest BCUT2D eigenvalue weighted by Gasteiger charge is 2.29. The summed E-state index contributed by atoms with van der Waals surface area (Å²) in [5, 5.41) is 3.74. The Bertz CT molecular complexity index is 419. The molecular weight excluding hydrogens is 264 g/mol. The van der Waals surface area contributed by atoms with Crippen molar-refractivity contribution in [3.8, 4) is 0 Å². The van der Waals surface area contributed by atoms with E-state index >= 15 is 0 Å². The van der Waals surface area contributed by atoms with Crippen LogP contribution < -0.4 is 5.32 Å². The van der Waals surface area contributed by atoms with Crippen LogP contribution in [0.2, 0.25) is 0 Å². The summed E-state index contributed by atoms with van der Waals surface area (Å²) in [6.07, 6.45) is 2.45. The monoisotopic (exact) mass is 294 g/mol. The summed E-state index contributed by atoms with van der Waals surface area (Å²) in [4.78, 5) is 5.64. The normalized spacial score (nSPS) is 23.6. The van der Waals surface area contributed by atoms with Crippen LogP contribution in [0, 0.1) is 12.3 Å². The minimum atomic E-state index is 0.335. The molecule has 2 rings (SSSR count). The second-order valence-electron chi connectivity index (χ2n) is 7.29. The molecule has 3 heteroatoms. The smallest absolute Gasteiger partial charge is 0.0243 e. The molecule has 0 aliphatic carbocycles.